The zero-order valence-electron chi connectivity index (χ0n) is 8.51. The topological polar surface area (TPSA) is 57.9 Å². The number of fused-ring (bicyclic) bond motifs is 2. The fourth-order valence-electron chi connectivity index (χ4n) is 2.71. The summed E-state index contributed by atoms with van der Waals surface area (Å²) in [6.07, 6.45) is 0.542. The summed E-state index contributed by atoms with van der Waals surface area (Å²) in [5.74, 6) is -0.890. The zero-order valence-corrected chi connectivity index (χ0v) is 8.51. The van der Waals surface area contributed by atoms with E-state index in [4.69, 9.17) is 5.26 Å². The van der Waals surface area contributed by atoms with Crippen LogP contribution in [0.15, 0.2) is 24.3 Å². The van der Waals surface area contributed by atoms with Crippen LogP contribution in [-0.4, -0.2) is 11.6 Å². The minimum Gasteiger partial charge on any atom is -0.294 e. The summed E-state index contributed by atoms with van der Waals surface area (Å²) in [5.41, 5.74) is 1.03. The van der Waals surface area contributed by atoms with Gasteiger partial charge in [0.1, 0.15) is 0 Å². The summed E-state index contributed by atoms with van der Waals surface area (Å²) < 4.78 is 0. The summed E-state index contributed by atoms with van der Waals surface area (Å²) >= 11 is 0. The van der Waals surface area contributed by atoms with Crippen LogP contribution in [0, 0.1) is 29.1 Å². The van der Waals surface area contributed by atoms with Crippen molar-refractivity contribution in [2.24, 2.45) is 17.8 Å². The van der Waals surface area contributed by atoms with Crippen molar-refractivity contribution in [1.29, 1.82) is 5.26 Å². The Labute approximate surface area is 92.7 Å². The van der Waals surface area contributed by atoms with Crippen LogP contribution in [0.5, 0.6) is 0 Å². The molecular weight excluding hydrogens is 202 g/mol. The van der Waals surface area contributed by atoms with Crippen molar-refractivity contribution >= 4 is 11.6 Å². The van der Waals surface area contributed by atoms with Gasteiger partial charge in [0.05, 0.1) is 12.0 Å². The quantitative estimate of drug-likeness (QED) is 0.657. The molecule has 0 amide bonds. The van der Waals surface area contributed by atoms with E-state index in [0.717, 1.165) is 0 Å². The van der Waals surface area contributed by atoms with Crippen LogP contribution >= 0.6 is 0 Å². The highest BCUT2D eigenvalue weighted by atomic mass is 16.1. The highest BCUT2D eigenvalue weighted by Crippen LogP contribution is 2.47. The standard InChI is InChI=1S/C13H9NO2/c14-6-7-5-10-11(7)13(16)9-4-2-1-3-8(9)12(10)15/h1-4,7,10-11H,5H2. The van der Waals surface area contributed by atoms with E-state index in [1.54, 1.807) is 24.3 Å². The predicted octanol–water partition coefficient (Wildman–Crippen LogP) is 1.84. The Morgan fingerprint density at radius 1 is 1.12 bits per heavy atom. The summed E-state index contributed by atoms with van der Waals surface area (Å²) in [5, 5.41) is 8.86. The molecule has 3 heteroatoms. The molecule has 0 N–H and O–H groups in total. The monoisotopic (exact) mass is 211 g/mol. The van der Waals surface area contributed by atoms with Crippen molar-refractivity contribution in [1.82, 2.24) is 0 Å². The molecule has 1 aromatic rings. The first kappa shape index (κ1) is 9.29. The van der Waals surface area contributed by atoms with E-state index in [0.29, 0.717) is 17.5 Å². The fourth-order valence-corrected chi connectivity index (χ4v) is 2.71. The molecular formula is C13H9NO2. The Balaban J connectivity index is 2.13. The lowest BCUT2D eigenvalue weighted by Gasteiger charge is -2.42. The average Bonchev–Trinajstić information content (AvgIpc) is 2.26. The first-order valence-corrected chi connectivity index (χ1v) is 5.31. The Hall–Kier alpha value is -1.95. The molecule has 0 aliphatic heterocycles. The van der Waals surface area contributed by atoms with Gasteiger partial charge in [-0.2, -0.15) is 5.26 Å². The summed E-state index contributed by atoms with van der Waals surface area (Å²) in [4.78, 5) is 24.1. The predicted molar refractivity (Wildman–Crippen MR) is 55.8 cm³/mol. The van der Waals surface area contributed by atoms with E-state index in [1.165, 1.54) is 0 Å². The fraction of sp³-hybridized carbons (Fsp3) is 0.308. The Morgan fingerprint density at radius 3 is 2.38 bits per heavy atom. The smallest absolute Gasteiger partial charge is 0.168 e. The maximum atomic E-state index is 12.1. The lowest BCUT2D eigenvalue weighted by atomic mass is 9.57. The minimum absolute atomic E-state index is 0.0296. The van der Waals surface area contributed by atoms with Crippen molar-refractivity contribution in [3.63, 3.8) is 0 Å². The molecule has 78 valence electrons. The molecule has 0 aromatic heterocycles. The first-order valence-electron chi connectivity index (χ1n) is 5.31. The number of carbonyl (C=O) groups excluding carboxylic acids is 2. The molecule has 0 saturated heterocycles. The van der Waals surface area contributed by atoms with Gasteiger partial charge in [-0.1, -0.05) is 24.3 Å². The van der Waals surface area contributed by atoms with E-state index in [-0.39, 0.29) is 29.3 Å². The van der Waals surface area contributed by atoms with Crippen LogP contribution in [0.2, 0.25) is 0 Å². The molecule has 3 rings (SSSR count). The molecule has 2 aliphatic carbocycles. The molecule has 2 aliphatic rings. The first-order chi connectivity index (χ1) is 7.74. The van der Waals surface area contributed by atoms with Crippen LogP contribution in [0.25, 0.3) is 0 Å². The van der Waals surface area contributed by atoms with Gasteiger partial charge in [0.15, 0.2) is 11.6 Å². The van der Waals surface area contributed by atoms with Crippen LogP contribution in [0.1, 0.15) is 27.1 Å². The third-order valence-electron chi connectivity index (χ3n) is 3.64. The van der Waals surface area contributed by atoms with Gasteiger partial charge in [0.2, 0.25) is 0 Å². The van der Waals surface area contributed by atoms with E-state index in [9.17, 15) is 9.59 Å². The maximum absolute atomic E-state index is 12.1. The van der Waals surface area contributed by atoms with E-state index >= 15 is 0 Å². The largest absolute Gasteiger partial charge is 0.294 e. The van der Waals surface area contributed by atoms with Crippen LogP contribution < -0.4 is 0 Å². The highest BCUT2D eigenvalue weighted by Gasteiger charge is 2.53. The third-order valence-corrected chi connectivity index (χ3v) is 3.64. The number of carbonyl (C=O) groups is 2. The molecule has 0 bridgehead atoms. The van der Waals surface area contributed by atoms with Crippen molar-refractivity contribution in [2.45, 2.75) is 6.42 Å². The highest BCUT2D eigenvalue weighted by molar-refractivity contribution is 6.17. The Kier molecular flexibility index (Phi) is 1.75. The average molecular weight is 211 g/mol. The van der Waals surface area contributed by atoms with Crippen molar-refractivity contribution in [3.8, 4) is 6.07 Å². The van der Waals surface area contributed by atoms with Crippen molar-refractivity contribution < 1.29 is 9.59 Å². The molecule has 0 spiro atoms. The zero-order chi connectivity index (χ0) is 11.3. The van der Waals surface area contributed by atoms with Gasteiger partial charge >= 0.3 is 0 Å². The summed E-state index contributed by atoms with van der Waals surface area (Å²) in [6, 6.07) is 9.01. The molecule has 3 nitrogen and oxygen atoms in total. The molecule has 16 heavy (non-hydrogen) atoms. The molecule has 1 fully saturated rings. The van der Waals surface area contributed by atoms with Gasteiger partial charge in [0.25, 0.3) is 0 Å². The number of Topliss-reactive ketones (excluding diaryl/α,β-unsaturated/α-hetero) is 2. The second-order valence-corrected chi connectivity index (χ2v) is 4.38. The van der Waals surface area contributed by atoms with Gasteiger partial charge < -0.3 is 0 Å². The number of ketones is 2. The number of rotatable bonds is 0. The summed E-state index contributed by atoms with van der Waals surface area (Å²) in [6.45, 7) is 0. The third kappa shape index (κ3) is 0.965. The van der Waals surface area contributed by atoms with E-state index in [1.807, 2.05) is 0 Å². The SMILES string of the molecule is N#CC1CC2C(=O)c3ccccc3C(=O)C12. The molecule has 3 atom stereocenters. The second-order valence-electron chi connectivity index (χ2n) is 4.38. The molecule has 3 unspecified atom stereocenters. The summed E-state index contributed by atoms with van der Waals surface area (Å²) in [7, 11) is 0. The molecule has 1 saturated carbocycles. The van der Waals surface area contributed by atoms with E-state index in [2.05, 4.69) is 6.07 Å². The van der Waals surface area contributed by atoms with Gasteiger partial charge in [0, 0.05) is 23.0 Å². The van der Waals surface area contributed by atoms with Gasteiger partial charge in [-0.25, -0.2) is 0 Å². The van der Waals surface area contributed by atoms with Gasteiger partial charge in [-0.05, 0) is 6.42 Å². The second kappa shape index (κ2) is 3.02. The van der Waals surface area contributed by atoms with Gasteiger partial charge in [-0.15, -0.1) is 0 Å². The molecule has 1 aromatic carbocycles. The van der Waals surface area contributed by atoms with Crippen LogP contribution in [0.4, 0.5) is 0 Å². The maximum Gasteiger partial charge on any atom is 0.168 e. The molecule has 0 radical (unpaired) electrons. The normalized spacial score (nSPS) is 31.1. The number of hydrogen-bond donors (Lipinski definition) is 0. The Morgan fingerprint density at radius 2 is 1.75 bits per heavy atom. The number of nitriles is 1. The number of benzene rings is 1. The van der Waals surface area contributed by atoms with Crippen LogP contribution in [-0.2, 0) is 0 Å². The lowest BCUT2D eigenvalue weighted by Crippen LogP contribution is -2.49. The van der Waals surface area contributed by atoms with Gasteiger partial charge in [-0.3, -0.25) is 9.59 Å². The van der Waals surface area contributed by atoms with Crippen molar-refractivity contribution in [2.75, 3.05) is 0 Å². The van der Waals surface area contributed by atoms with Crippen molar-refractivity contribution in [3.05, 3.63) is 35.4 Å². The Bertz CT molecular complexity index is 541. The minimum atomic E-state index is -0.382. The van der Waals surface area contributed by atoms with E-state index < -0.39 is 0 Å². The molecule has 0 heterocycles. The lowest BCUT2D eigenvalue weighted by molar-refractivity contribution is 0.0478. The van der Waals surface area contributed by atoms with Crippen LogP contribution in [0.3, 0.4) is 0 Å². The number of nitrogens with zero attached hydrogens (tertiary/aromatic N) is 1. The number of hydrogen-bond acceptors (Lipinski definition) is 3.